The quantitative estimate of drug-likeness (QED) is 0.615. The first-order chi connectivity index (χ1) is 13.0. The fraction of sp³-hybridized carbons (Fsp3) is 0.778. The van der Waals surface area contributed by atoms with Gasteiger partial charge in [-0.1, -0.05) is 60.5 Å². The van der Waals surface area contributed by atoms with Gasteiger partial charge in [0.1, 0.15) is 0 Å². The molecule has 2 fully saturated rings. The number of hydrogen-bond acceptors (Lipinski definition) is 7. The van der Waals surface area contributed by atoms with Crippen molar-refractivity contribution in [3.63, 3.8) is 0 Å². The SMILES string of the molecule is C[C@H](Sc1nnc(S[C@@H](C)C(=O)NC2CCCC2)s1)C(=O)NC1CCCC1. The van der Waals surface area contributed by atoms with Crippen LogP contribution in [0.15, 0.2) is 8.68 Å². The molecule has 2 saturated carbocycles. The van der Waals surface area contributed by atoms with E-state index in [1.165, 1.54) is 60.5 Å². The van der Waals surface area contributed by atoms with Crippen LogP contribution in [0.5, 0.6) is 0 Å². The molecule has 3 rings (SSSR count). The summed E-state index contributed by atoms with van der Waals surface area (Å²) in [4.78, 5) is 24.6. The zero-order valence-electron chi connectivity index (χ0n) is 15.9. The predicted octanol–water partition coefficient (Wildman–Crippen LogP) is 3.62. The average molecular weight is 429 g/mol. The third-order valence-corrected chi connectivity index (χ3v) is 8.38. The maximum atomic E-state index is 12.3. The van der Waals surface area contributed by atoms with Gasteiger partial charge in [0.15, 0.2) is 8.68 Å². The van der Waals surface area contributed by atoms with Crippen LogP contribution in [0.2, 0.25) is 0 Å². The van der Waals surface area contributed by atoms with Crippen LogP contribution in [0.1, 0.15) is 65.2 Å². The number of thioether (sulfide) groups is 2. The molecule has 2 aliphatic carbocycles. The van der Waals surface area contributed by atoms with Crippen molar-refractivity contribution in [2.24, 2.45) is 0 Å². The first kappa shape index (κ1) is 20.9. The minimum Gasteiger partial charge on any atom is -0.352 e. The Morgan fingerprint density at radius 1 is 0.852 bits per heavy atom. The minimum absolute atomic E-state index is 0.0700. The molecule has 6 nitrogen and oxygen atoms in total. The molecule has 1 aromatic rings. The van der Waals surface area contributed by atoms with E-state index in [2.05, 4.69) is 20.8 Å². The third-order valence-electron chi connectivity index (χ3n) is 5.08. The highest BCUT2D eigenvalue weighted by atomic mass is 32.2. The predicted molar refractivity (Wildman–Crippen MR) is 111 cm³/mol. The van der Waals surface area contributed by atoms with Gasteiger partial charge < -0.3 is 10.6 Å². The van der Waals surface area contributed by atoms with Gasteiger partial charge in [-0.05, 0) is 39.5 Å². The van der Waals surface area contributed by atoms with Gasteiger partial charge in [0, 0.05) is 12.1 Å². The maximum Gasteiger partial charge on any atom is 0.233 e. The number of rotatable bonds is 8. The lowest BCUT2D eigenvalue weighted by molar-refractivity contribution is -0.121. The summed E-state index contributed by atoms with van der Waals surface area (Å²) in [5.74, 6) is 0.140. The molecular formula is C18H28N4O2S3. The van der Waals surface area contributed by atoms with E-state index in [0.29, 0.717) is 12.1 Å². The van der Waals surface area contributed by atoms with Gasteiger partial charge >= 0.3 is 0 Å². The van der Waals surface area contributed by atoms with Gasteiger partial charge in [-0.15, -0.1) is 10.2 Å². The number of amides is 2. The van der Waals surface area contributed by atoms with E-state index in [0.717, 1.165) is 34.4 Å². The van der Waals surface area contributed by atoms with Crippen LogP contribution < -0.4 is 10.6 Å². The van der Waals surface area contributed by atoms with Gasteiger partial charge in [-0.25, -0.2) is 0 Å². The lowest BCUT2D eigenvalue weighted by Crippen LogP contribution is -2.37. The fourth-order valence-corrected chi connectivity index (χ4v) is 6.81. The van der Waals surface area contributed by atoms with Crippen molar-refractivity contribution in [3.8, 4) is 0 Å². The molecule has 27 heavy (non-hydrogen) atoms. The molecule has 2 aliphatic rings. The Kier molecular flexibility index (Phi) is 7.84. The van der Waals surface area contributed by atoms with E-state index in [4.69, 9.17) is 0 Å². The van der Waals surface area contributed by atoms with Crippen LogP contribution in [0, 0.1) is 0 Å². The second-order valence-corrected chi connectivity index (χ2v) is 11.5. The second-order valence-electron chi connectivity index (χ2n) is 7.33. The summed E-state index contributed by atoms with van der Waals surface area (Å²) < 4.78 is 1.55. The molecule has 9 heteroatoms. The molecule has 150 valence electrons. The van der Waals surface area contributed by atoms with Gasteiger partial charge in [-0.3, -0.25) is 9.59 Å². The van der Waals surface area contributed by atoms with Crippen LogP contribution >= 0.6 is 34.9 Å². The van der Waals surface area contributed by atoms with Crippen molar-refractivity contribution in [2.45, 2.75) is 96.5 Å². The lowest BCUT2D eigenvalue weighted by Gasteiger charge is -2.15. The molecule has 0 aromatic carbocycles. The van der Waals surface area contributed by atoms with E-state index in [9.17, 15) is 9.59 Å². The van der Waals surface area contributed by atoms with Gasteiger partial charge in [0.25, 0.3) is 0 Å². The highest BCUT2D eigenvalue weighted by Crippen LogP contribution is 2.33. The number of aromatic nitrogens is 2. The van der Waals surface area contributed by atoms with Crippen LogP contribution in [-0.4, -0.2) is 44.6 Å². The van der Waals surface area contributed by atoms with Crippen molar-refractivity contribution >= 4 is 46.7 Å². The van der Waals surface area contributed by atoms with E-state index in [1.807, 2.05) is 13.8 Å². The number of hydrogen-bond donors (Lipinski definition) is 2. The molecule has 0 unspecified atom stereocenters. The highest BCUT2D eigenvalue weighted by Gasteiger charge is 2.24. The molecule has 0 bridgehead atoms. The van der Waals surface area contributed by atoms with Crippen molar-refractivity contribution in [2.75, 3.05) is 0 Å². The van der Waals surface area contributed by atoms with Crippen LogP contribution in [-0.2, 0) is 9.59 Å². The van der Waals surface area contributed by atoms with Gasteiger partial charge in [0.2, 0.25) is 11.8 Å². The van der Waals surface area contributed by atoms with Crippen molar-refractivity contribution < 1.29 is 9.59 Å². The summed E-state index contributed by atoms with van der Waals surface area (Å²) in [5.41, 5.74) is 0. The van der Waals surface area contributed by atoms with Crippen molar-refractivity contribution in [1.82, 2.24) is 20.8 Å². The standard InChI is InChI=1S/C18H28N4O2S3/c1-11(15(23)19-13-7-3-4-8-13)25-17-21-22-18(27-17)26-12(2)16(24)20-14-9-5-6-10-14/h11-14H,3-10H2,1-2H3,(H,19,23)(H,20,24)/t11-,12-/m0/s1. The molecular weight excluding hydrogens is 400 g/mol. The summed E-state index contributed by atoms with van der Waals surface area (Å²) >= 11 is 4.33. The lowest BCUT2D eigenvalue weighted by atomic mass is 10.2. The highest BCUT2D eigenvalue weighted by molar-refractivity contribution is 8.04. The van der Waals surface area contributed by atoms with Crippen LogP contribution in [0.4, 0.5) is 0 Å². The summed E-state index contributed by atoms with van der Waals surface area (Å²) in [6.07, 6.45) is 9.16. The molecule has 2 amide bonds. The minimum atomic E-state index is -0.195. The first-order valence-electron chi connectivity index (χ1n) is 9.79. The molecule has 1 heterocycles. The van der Waals surface area contributed by atoms with Crippen LogP contribution in [0.3, 0.4) is 0 Å². The molecule has 1 aromatic heterocycles. The number of nitrogens with one attached hydrogen (secondary N) is 2. The first-order valence-corrected chi connectivity index (χ1v) is 12.4. The van der Waals surface area contributed by atoms with Crippen molar-refractivity contribution in [3.05, 3.63) is 0 Å². The molecule has 0 saturated heterocycles. The second kappa shape index (κ2) is 10.1. The molecule has 0 spiro atoms. The molecule has 2 atom stereocenters. The molecule has 0 aliphatic heterocycles. The fourth-order valence-electron chi connectivity index (χ4n) is 3.48. The number of carbonyl (C=O) groups is 2. The zero-order chi connectivity index (χ0) is 19.2. The Morgan fingerprint density at radius 2 is 1.22 bits per heavy atom. The smallest absolute Gasteiger partial charge is 0.233 e. The largest absolute Gasteiger partial charge is 0.352 e. The maximum absolute atomic E-state index is 12.3. The number of nitrogens with zero attached hydrogens (tertiary/aromatic N) is 2. The van der Waals surface area contributed by atoms with E-state index >= 15 is 0 Å². The van der Waals surface area contributed by atoms with E-state index < -0.39 is 0 Å². The van der Waals surface area contributed by atoms with E-state index in [1.54, 1.807) is 0 Å². The average Bonchev–Trinajstić information content (AvgIpc) is 3.38. The Hall–Kier alpha value is -0.800. The summed E-state index contributed by atoms with van der Waals surface area (Å²) in [5, 5.41) is 14.2. The molecule has 0 radical (unpaired) electrons. The van der Waals surface area contributed by atoms with Gasteiger partial charge in [0.05, 0.1) is 10.5 Å². The molecule has 2 N–H and O–H groups in total. The Balaban J connectivity index is 1.44. The Bertz CT molecular complexity index is 590. The van der Waals surface area contributed by atoms with Crippen LogP contribution in [0.25, 0.3) is 0 Å². The summed E-state index contributed by atoms with van der Waals surface area (Å²) in [6, 6.07) is 0.667. The monoisotopic (exact) mass is 428 g/mol. The zero-order valence-corrected chi connectivity index (χ0v) is 18.4. The van der Waals surface area contributed by atoms with E-state index in [-0.39, 0.29) is 22.3 Å². The van der Waals surface area contributed by atoms with Gasteiger partial charge in [-0.2, -0.15) is 0 Å². The topological polar surface area (TPSA) is 84.0 Å². The Morgan fingerprint density at radius 3 is 1.59 bits per heavy atom. The Labute approximate surface area is 173 Å². The summed E-state index contributed by atoms with van der Waals surface area (Å²) in [6.45, 7) is 3.81. The summed E-state index contributed by atoms with van der Waals surface area (Å²) in [7, 11) is 0. The third kappa shape index (κ3) is 6.35. The van der Waals surface area contributed by atoms with Crippen molar-refractivity contribution in [1.29, 1.82) is 0 Å². The normalized spacial score (nSPS) is 20.5. The number of carbonyl (C=O) groups excluding carboxylic acids is 2.